The summed E-state index contributed by atoms with van der Waals surface area (Å²) in [6, 6.07) is 3.92. The molecule has 1 aromatic rings. The molecule has 0 unspecified atom stereocenters. The lowest BCUT2D eigenvalue weighted by atomic mass is 10.2. The van der Waals surface area contributed by atoms with Crippen LogP contribution in [0.1, 0.15) is 0 Å². The SMILES string of the molecule is COc1cccc([N]C([NH])=O)c1OC. The molecule has 0 aliphatic rings. The van der Waals surface area contributed by atoms with Gasteiger partial charge in [-0.1, -0.05) is 6.07 Å². The predicted octanol–water partition coefficient (Wildman–Crippen LogP) is 1.34. The number of carbonyl (C=O) groups is 1. The zero-order valence-electron chi connectivity index (χ0n) is 7.90. The minimum absolute atomic E-state index is 0.298. The maximum absolute atomic E-state index is 10.5. The number of para-hydroxylation sites is 1. The van der Waals surface area contributed by atoms with E-state index in [4.69, 9.17) is 15.2 Å². The molecule has 1 rings (SSSR count). The van der Waals surface area contributed by atoms with Crippen LogP contribution in [-0.2, 0) is 0 Å². The van der Waals surface area contributed by atoms with Crippen LogP contribution >= 0.6 is 0 Å². The summed E-state index contributed by atoms with van der Waals surface area (Å²) in [5.74, 6) is 0.839. The van der Waals surface area contributed by atoms with Gasteiger partial charge in [-0.3, -0.25) is 0 Å². The molecule has 0 heterocycles. The Morgan fingerprint density at radius 1 is 1.36 bits per heavy atom. The fourth-order valence-electron chi connectivity index (χ4n) is 1.07. The van der Waals surface area contributed by atoms with E-state index in [0.29, 0.717) is 17.2 Å². The van der Waals surface area contributed by atoms with Crippen molar-refractivity contribution >= 4 is 11.7 Å². The molecule has 14 heavy (non-hydrogen) atoms. The minimum atomic E-state index is -1.02. The summed E-state index contributed by atoms with van der Waals surface area (Å²) in [7, 11) is 2.94. The first-order valence-electron chi connectivity index (χ1n) is 3.87. The molecule has 0 spiro atoms. The van der Waals surface area contributed by atoms with Gasteiger partial charge in [-0.05, 0) is 12.1 Å². The van der Waals surface area contributed by atoms with Crippen LogP contribution in [0.15, 0.2) is 18.2 Å². The van der Waals surface area contributed by atoms with E-state index in [1.54, 1.807) is 18.2 Å². The van der Waals surface area contributed by atoms with Gasteiger partial charge in [0, 0.05) is 0 Å². The molecule has 5 nitrogen and oxygen atoms in total. The van der Waals surface area contributed by atoms with Crippen molar-refractivity contribution in [2.24, 2.45) is 0 Å². The first kappa shape index (κ1) is 10.2. The molecular weight excluding hydrogens is 184 g/mol. The predicted molar refractivity (Wildman–Crippen MR) is 49.8 cm³/mol. The maximum Gasteiger partial charge on any atom is 0.360 e. The molecule has 0 aliphatic heterocycles. The van der Waals surface area contributed by atoms with E-state index < -0.39 is 6.03 Å². The van der Waals surface area contributed by atoms with Crippen LogP contribution in [0.25, 0.3) is 0 Å². The highest BCUT2D eigenvalue weighted by Crippen LogP contribution is 2.34. The largest absolute Gasteiger partial charge is 0.493 e. The van der Waals surface area contributed by atoms with Crippen LogP contribution in [0, 0.1) is 0 Å². The number of hydrogen-bond donors (Lipinski definition) is 0. The molecule has 5 heteroatoms. The second kappa shape index (κ2) is 4.36. The Kier molecular flexibility index (Phi) is 3.17. The van der Waals surface area contributed by atoms with Gasteiger partial charge in [0.15, 0.2) is 11.5 Å². The van der Waals surface area contributed by atoms with Crippen LogP contribution in [0.3, 0.4) is 0 Å². The van der Waals surface area contributed by atoms with E-state index in [0.717, 1.165) is 0 Å². The summed E-state index contributed by atoms with van der Waals surface area (Å²) in [6.07, 6.45) is 0. The molecule has 0 fully saturated rings. The Labute approximate surface area is 81.8 Å². The van der Waals surface area contributed by atoms with Gasteiger partial charge in [-0.25, -0.2) is 10.5 Å². The number of nitrogens with one attached hydrogen (secondary N) is 1. The van der Waals surface area contributed by atoms with Crippen LogP contribution in [0.4, 0.5) is 10.5 Å². The van der Waals surface area contributed by atoms with Gasteiger partial charge in [0.2, 0.25) is 0 Å². The number of methoxy groups -OCH3 is 2. The number of hydrogen-bond acceptors (Lipinski definition) is 3. The standard InChI is InChI=1S/C9H10N2O3/c1-13-7-5-3-4-6(8(7)14-2)11-9(10)12/h3-5,10H,1-2H3. The zero-order chi connectivity index (χ0) is 10.6. The molecule has 74 valence electrons. The molecule has 0 atom stereocenters. The summed E-state index contributed by atoms with van der Waals surface area (Å²) in [6.45, 7) is 0. The molecule has 2 amide bonds. The van der Waals surface area contributed by atoms with E-state index in [-0.39, 0.29) is 0 Å². The van der Waals surface area contributed by atoms with Crippen molar-refractivity contribution in [2.45, 2.75) is 0 Å². The van der Waals surface area contributed by atoms with Crippen LogP contribution < -0.4 is 20.5 Å². The highest BCUT2D eigenvalue weighted by molar-refractivity contribution is 5.79. The summed E-state index contributed by atoms with van der Waals surface area (Å²) in [5, 5.41) is 3.46. The van der Waals surface area contributed by atoms with Crippen LogP contribution in [-0.4, -0.2) is 20.3 Å². The van der Waals surface area contributed by atoms with Crippen molar-refractivity contribution in [3.05, 3.63) is 18.2 Å². The third-order valence-corrected chi connectivity index (χ3v) is 1.60. The van der Waals surface area contributed by atoms with Crippen molar-refractivity contribution in [2.75, 3.05) is 14.2 Å². The van der Waals surface area contributed by atoms with Gasteiger partial charge in [-0.15, -0.1) is 0 Å². The first-order valence-corrected chi connectivity index (χ1v) is 3.87. The second-order valence-corrected chi connectivity index (χ2v) is 2.43. The number of carbonyl (C=O) groups excluding carboxylic acids is 1. The third-order valence-electron chi connectivity index (χ3n) is 1.60. The first-order chi connectivity index (χ1) is 6.69. The van der Waals surface area contributed by atoms with Gasteiger partial charge in [0.1, 0.15) is 5.69 Å². The summed E-state index contributed by atoms with van der Waals surface area (Å²) < 4.78 is 10.0. The van der Waals surface area contributed by atoms with E-state index in [9.17, 15) is 4.79 Å². The zero-order valence-corrected chi connectivity index (χ0v) is 7.90. The maximum atomic E-state index is 10.5. The van der Waals surface area contributed by atoms with E-state index in [2.05, 4.69) is 5.32 Å². The summed E-state index contributed by atoms with van der Waals surface area (Å²) in [5.41, 5.74) is 7.01. The third kappa shape index (κ3) is 2.07. The van der Waals surface area contributed by atoms with Crippen molar-refractivity contribution in [3.63, 3.8) is 0 Å². The number of urea groups is 1. The molecule has 1 N–H and O–H groups in total. The monoisotopic (exact) mass is 194 g/mol. The number of benzene rings is 1. The summed E-state index contributed by atoms with van der Waals surface area (Å²) in [4.78, 5) is 10.5. The fraction of sp³-hybridized carbons (Fsp3) is 0.222. The smallest absolute Gasteiger partial charge is 0.360 e. The van der Waals surface area contributed by atoms with Gasteiger partial charge in [-0.2, -0.15) is 5.32 Å². The molecule has 0 saturated carbocycles. The van der Waals surface area contributed by atoms with Gasteiger partial charge in [0.05, 0.1) is 14.2 Å². The van der Waals surface area contributed by atoms with Crippen molar-refractivity contribution in [1.82, 2.24) is 11.1 Å². The van der Waals surface area contributed by atoms with E-state index >= 15 is 0 Å². The van der Waals surface area contributed by atoms with Gasteiger partial charge < -0.3 is 9.47 Å². The fourth-order valence-corrected chi connectivity index (χ4v) is 1.07. The van der Waals surface area contributed by atoms with Crippen LogP contribution in [0.5, 0.6) is 11.5 Å². The van der Waals surface area contributed by atoms with Crippen molar-refractivity contribution in [1.29, 1.82) is 0 Å². The Balaban J connectivity index is 3.08. The molecule has 2 radical (unpaired) electrons. The second-order valence-electron chi connectivity index (χ2n) is 2.43. The minimum Gasteiger partial charge on any atom is -0.493 e. The van der Waals surface area contributed by atoms with Crippen molar-refractivity contribution in [3.8, 4) is 11.5 Å². The molecule has 0 saturated heterocycles. The molecule has 0 aromatic heterocycles. The lowest BCUT2D eigenvalue weighted by Gasteiger charge is -2.10. The molecule has 0 bridgehead atoms. The molecular formula is C9H10N2O3. The normalized spacial score (nSPS) is 9.29. The highest BCUT2D eigenvalue weighted by Gasteiger charge is 2.11. The highest BCUT2D eigenvalue weighted by atomic mass is 16.5. The Hall–Kier alpha value is -1.91. The number of ether oxygens (including phenoxy) is 2. The number of nitrogens with zero attached hydrogens (tertiary/aromatic N) is 1. The van der Waals surface area contributed by atoms with Gasteiger partial charge in [0.25, 0.3) is 0 Å². The van der Waals surface area contributed by atoms with Gasteiger partial charge >= 0.3 is 6.03 Å². The Bertz CT molecular complexity index is 339. The number of rotatable bonds is 3. The van der Waals surface area contributed by atoms with Crippen molar-refractivity contribution < 1.29 is 14.3 Å². The lowest BCUT2D eigenvalue weighted by molar-refractivity contribution is 0.250. The average Bonchev–Trinajstić information content (AvgIpc) is 2.16. The topological polar surface area (TPSA) is 73.4 Å². The van der Waals surface area contributed by atoms with E-state index in [1.807, 2.05) is 0 Å². The van der Waals surface area contributed by atoms with E-state index in [1.165, 1.54) is 14.2 Å². The average molecular weight is 194 g/mol. The quantitative estimate of drug-likeness (QED) is 0.728. The molecule has 0 aliphatic carbocycles. The lowest BCUT2D eigenvalue weighted by Crippen LogP contribution is -2.09. The van der Waals surface area contributed by atoms with Crippen LogP contribution in [0.2, 0.25) is 0 Å². The Morgan fingerprint density at radius 3 is 2.57 bits per heavy atom. The number of amides is 2. The Morgan fingerprint density at radius 2 is 2.07 bits per heavy atom. The molecule has 1 aromatic carbocycles. The summed E-state index contributed by atoms with van der Waals surface area (Å²) >= 11 is 0.